The molecule has 11 heteroatoms. The van der Waals surface area contributed by atoms with Gasteiger partial charge in [-0.05, 0) is 17.5 Å². The maximum Gasteiger partial charge on any atom is 0.280 e. The lowest BCUT2D eigenvalue weighted by molar-refractivity contribution is -0.175. The fourth-order valence-corrected chi connectivity index (χ4v) is 4.58. The summed E-state index contributed by atoms with van der Waals surface area (Å²) in [4.78, 5) is 36.9. The first kappa shape index (κ1) is 22.9. The number of anilines is 1. The summed E-state index contributed by atoms with van der Waals surface area (Å²) in [5.41, 5.74) is 2.60. The minimum absolute atomic E-state index is 0.0179. The first-order chi connectivity index (χ1) is 15.6. The average Bonchev–Trinajstić information content (AvgIpc) is 3.32. The molecular formula is C22H27N5O6. The predicted molar refractivity (Wildman–Crippen MR) is 118 cm³/mol. The summed E-state index contributed by atoms with van der Waals surface area (Å²) in [6, 6.07) is 8.77. The molecule has 0 aliphatic carbocycles. The molecule has 4 atom stereocenters. The summed E-state index contributed by atoms with van der Waals surface area (Å²) >= 11 is 0. The highest BCUT2D eigenvalue weighted by molar-refractivity contribution is 5.89. The molecule has 3 aromatic rings. The van der Waals surface area contributed by atoms with Gasteiger partial charge in [0.2, 0.25) is 17.5 Å². The number of fused-ring (bicyclic) bond motifs is 1. The molecule has 1 aromatic carbocycles. The zero-order chi connectivity index (χ0) is 24.0. The van der Waals surface area contributed by atoms with E-state index >= 15 is 0 Å². The second-order valence-corrected chi connectivity index (χ2v) is 9.13. The molecule has 0 unspecified atom stereocenters. The Labute approximate surface area is 189 Å². The van der Waals surface area contributed by atoms with Gasteiger partial charge in [0.05, 0.1) is 12.7 Å². The highest BCUT2D eigenvalue weighted by Gasteiger charge is 2.64. The Morgan fingerprint density at radius 1 is 1.33 bits per heavy atom. The molecule has 0 spiro atoms. The van der Waals surface area contributed by atoms with E-state index in [0.29, 0.717) is 5.75 Å². The summed E-state index contributed by atoms with van der Waals surface area (Å²) in [6.45, 7) is 4.61. The van der Waals surface area contributed by atoms with Gasteiger partial charge in [-0.3, -0.25) is 19.1 Å². The van der Waals surface area contributed by atoms with Crippen LogP contribution < -0.4 is 16.0 Å². The van der Waals surface area contributed by atoms with Crippen LogP contribution in [-0.4, -0.2) is 60.9 Å². The van der Waals surface area contributed by atoms with Gasteiger partial charge in [-0.1, -0.05) is 39.0 Å². The number of ketones is 1. The van der Waals surface area contributed by atoms with Gasteiger partial charge in [-0.2, -0.15) is 4.98 Å². The van der Waals surface area contributed by atoms with Crippen molar-refractivity contribution in [2.24, 2.45) is 11.3 Å². The molecule has 33 heavy (non-hydrogen) atoms. The molecule has 0 radical (unpaired) electrons. The Balaban J connectivity index is 1.91. The van der Waals surface area contributed by atoms with Crippen molar-refractivity contribution >= 4 is 22.9 Å². The lowest BCUT2D eigenvalue weighted by Gasteiger charge is -2.41. The third-order valence-corrected chi connectivity index (χ3v) is 5.88. The molecule has 1 aliphatic rings. The number of Topliss-reactive ketones (excluding diaryl/α,β-unsaturated/α-hetero) is 1. The third kappa shape index (κ3) is 3.77. The van der Waals surface area contributed by atoms with E-state index in [1.54, 1.807) is 24.3 Å². The summed E-state index contributed by atoms with van der Waals surface area (Å²) < 4.78 is 13.2. The van der Waals surface area contributed by atoms with Crippen LogP contribution in [0.25, 0.3) is 11.2 Å². The minimum atomic E-state index is -1.87. The molecule has 5 N–H and O–H groups in total. The van der Waals surface area contributed by atoms with E-state index < -0.39 is 53.8 Å². The number of nitrogens with two attached hydrogens (primary N) is 1. The number of nitrogens with one attached hydrogen (secondary N) is 1. The van der Waals surface area contributed by atoms with Crippen molar-refractivity contribution in [3.8, 4) is 5.75 Å². The number of carbonyl (C=O) groups excluding carboxylic acids is 1. The lowest BCUT2D eigenvalue weighted by Crippen LogP contribution is -2.54. The zero-order valence-corrected chi connectivity index (χ0v) is 18.6. The van der Waals surface area contributed by atoms with Gasteiger partial charge in [-0.15, -0.1) is 0 Å². The third-order valence-electron chi connectivity index (χ3n) is 5.88. The van der Waals surface area contributed by atoms with Gasteiger partial charge in [0, 0.05) is 5.92 Å². The molecule has 4 rings (SSSR count). The number of benzene rings is 1. The van der Waals surface area contributed by atoms with E-state index in [1.165, 1.54) is 10.9 Å². The van der Waals surface area contributed by atoms with Gasteiger partial charge < -0.3 is 25.4 Å². The van der Waals surface area contributed by atoms with Crippen molar-refractivity contribution in [3.63, 3.8) is 0 Å². The fraction of sp³-hybridized carbons (Fsp3) is 0.455. The van der Waals surface area contributed by atoms with Crippen molar-refractivity contribution in [2.45, 2.75) is 38.7 Å². The highest BCUT2D eigenvalue weighted by Crippen LogP contribution is 2.50. The zero-order valence-electron chi connectivity index (χ0n) is 18.6. The van der Waals surface area contributed by atoms with Crippen LogP contribution in [0.5, 0.6) is 5.75 Å². The van der Waals surface area contributed by atoms with E-state index in [-0.39, 0.29) is 17.1 Å². The monoisotopic (exact) mass is 457 g/mol. The Morgan fingerprint density at radius 2 is 2.03 bits per heavy atom. The van der Waals surface area contributed by atoms with Crippen LogP contribution in [0, 0.1) is 11.3 Å². The van der Waals surface area contributed by atoms with E-state index in [9.17, 15) is 19.8 Å². The summed E-state index contributed by atoms with van der Waals surface area (Å²) in [5, 5.41) is 21.0. The number of aliphatic hydroxyl groups excluding tert-OH is 2. The molecule has 3 heterocycles. The Morgan fingerprint density at radius 3 is 2.67 bits per heavy atom. The number of para-hydroxylation sites is 1. The summed E-state index contributed by atoms with van der Waals surface area (Å²) in [6.07, 6.45) is -1.00. The summed E-state index contributed by atoms with van der Waals surface area (Å²) in [7, 11) is 0. The molecule has 1 saturated heterocycles. The number of imidazole rings is 1. The second-order valence-electron chi connectivity index (χ2n) is 9.13. The first-order valence-electron chi connectivity index (χ1n) is 10.5. The molecule has 2 aromatic heterocycles. The molecule has 0 saturated carbocycles. The molecule has 11 nitrogen and oxygen atoms in total. The number of aromatic amines is 1. The quantitative estimate of drug-likeness (QED) is 0.410. The number of nitrogen functional groups attached to an aromatic ring is 1. The van der Waals surface area contributed by atoms with E-state index in [4.69, 9.17) is 15.2 Å². The van der Waals surface area contributed by atoms with E-state index in [1.807, 2.05) is 26.8 Å². The molecule has 0 amide bonds. The number of ether oxygens (including phenoxy) is 2. The number of hydrogen-bond donors (Lipinski definition) is 4. The Hall–Kier alpha value is -3.28. The number of H-pyrrole nitrogens is 1. The van der Waals surface area contributed by atoms with E-state index in [0.717, 1.165) is 0 Å². The van der Waals surface area contributed by atoms with Gasteiger partial charge in [0.25, 0.3) is 5.56 Å². The van der Waals surface area contributed by atoms with Crippen molar-refractivity contribution in [1.82, 2.24) is 19.5 Å². The largest absolute Gasteiger partial charge is 0.486 e. The van der Waals surface area contributed by atoms with Gasteiger partial charge in [0.15, 0.2) is 17.8 Å². The average molecular weight is 457 g/mol. The number of aromatic nitrogens is 4. The van der Waals surface area contributed by atoms with Crippen LogP contribution >= 0.6 is 0 Å². The topological polar surface area (TPSA) is 166 Å². The SMILES string of the molecule is CC(C)(C)[C@@H]1[C@H](O)[C@@H](CO)O[C@@]1(C(=O)COc1ccccc1)n1cnc2c(=O)[nH]c(N)nc21. The Kier molecular flexibility index (Phi) is 5.72. The number of hydrogen-bond acceptors (Lipinski definition) is 9. The molecular weight excluding hydrogens is 430 g/mol. The van der Waals surface area contributed by atoms with E-state index in [2.05, 4.69) is 15.0 Å². The van der Waals surface area contributed by atoms with Crippen molar-refractivity contribution in [2.75, 3.05) is 18.9 Å². The minimum Gasteiger partial charge on any atom is -0.486 e. The van der Waals surface area contributed by atoms with Gasteiger partial charge in [0.1, 0.15) is 18.2 Å². The fourth-order valence-electron chi connectivity index (χ4n) is 4.58. The smallest absolute Gasteiger partial charge is 0.280 e. The Bertz CT molecular complexity index is 1220. The maximum absolute atomic E-state index is 13.9. The van der Waals surface area contributed by atoms with Crippen LogP contribution in [-0.2, 0) is 15.3 Å². The number of aliphatic hydroxyl groups is 2. The van der Waals surface area contributed by atoms with Crippen molar-refractivity contribution in [1.29, 1.82) is 0 Å². The van der Waals surface area contributed by atoms with Crippen molar-refractivity contribution < 1.29 is 24.5 Å². The molecule has 1 aliphatic heterocycles. The van der Waals surface area contributed by atoms with Crippen LogP contribution in [0.3, 0.4) is 0 Å². The molecule has 176 valence electrons. The first-order valence-corrected chi connectivity index (χ1v) is 10.5. The number of rotatable bonds is 6. The van der Waals surface area contributed by atoms with Crippen LogP contribution in [0.2, 0.25) is 0 Å². The predicted octanol–water partition coefficient (Wildman–Crippen LogP) is 0.417. The highest BCUT2D eigenvalue weighted by atomic mass is 16.6. The second kappa shape index (κ2) is 8.25. The normalized spacial score (nSPS) is 25.4. The molecule has 0 bridgehead atoms. The number of carbonyl (C=O) groups is 1. The van der Waals surface area contributed by atoms with Crippen LogP contribution in [0.4, 0.5) is 5.95 Å². The van der Waals surface area contributed by atoms with Crippen LogP contribution in [0.15, 0.2) is 41.5 Å². The standard InChI is InChI=1S/C22H27N5O6/c1-21(2,3)17-16(30)13(9-28)33-22(17,14(29)10-32-12-7-5-4-6-8-12)27-11-24-15-18(27)25-20(23)26-19(15)31/h4-8,11,13,16-17,28,30H,9-10H2,1-3H3,(H3,23,25,26,31)/t13-,16-,17+,22-/m1/s1. The summed E-state index contributed by atoms with van der Waals surface area (Å²) in [5.74, 6) is -1.09. The molecule has 1 fully saturated rings. The van der Waals surface area contributed by atoms with Gasteiger partial charge in [-0.25, -0.2) is 4.98 Å². The maximum atomic E-state index is 13.9. The lowest BCUT2D eigenvalue weighted by atomic mass is 9.70. The van der Waals surface area contributed by atoms with Gasteiger partial charge >= 0.3 is 0 Å². The number of nitrogens with zero attached hydrogens (tertiary/aromatic N) is 3. The van der Waals surface area contributed by atoms with Crippen LogP contribution in [0.1, 0.15) is 20.8 Å². The van der Waals surface area contributed by atoms with Crippen molar-refractivity contribution in [3.05, 3.63) is 47.0 Å².